The third-order valence-corrected chi connectivity index (χ3v) is 5.13. The van der Waals surface area contributed by atoms with Crippen molar-refractivity contribution in [3.05, 3.63) is 83.6 Å². The number of pyridine rings is 1. The van der Waals surface area contributed by atoms with Crippen LogP contribution in [0, 0.1) is 12.7 Å². The zero-order valence-corrected chi connectivity index (χ0v) is 15.8. The average molecular weight is 393 g/mol. The number of carbonyl (C=O) groups is 1. The molecule has 0 radical (unpaired) electrons. The summed E-state index contributed by atoms with van der Waals surface area (Å²) in [5.74, 6) is 0.627. The largest absolute Gasteiger partial charge is 0.441 e. The number of aromatic nitrogens is 2. The summed E-state index contributed by atoms with van der Waals surface area (Å²) in [5, 5.41) is 3.49. The molecule has 0 atom stereocenters. The Bertz CT molecular complexity index is 1140. The molecule has 4 rings (SSSR count). The van der Waals surface area contributed by atoms with Crippen molar-refractivity contribution >= 4 is 34.5 Å². The zero-order valence-electron chi connectivity index (χ0n) is 15.0. The first-order chi connectivity index (χ1) is 13.6. The number of benzene rings is 2. The van der Waals surface area contributed by atoms with E-state index in [2.05, 4.69) is 15.3 Å². The van der Waals surface area contributed by atoms with E-state index in [1.54, 1.807) is 55.6 Å². The van der Waals surface area contributed by atoms with Gasteiger partial charge >= 0.3 is 0 Å². The number of halogens is 1. The maximum absolute atomic E-state index is 13.0. The van der Waals surface area contributed by atoms with E-state index in [0.717, 1.165) is 11.1 Å². The predicted octanol–water partition coefficient (Wildman–Crippen LogP) is 5.21. The molecule has 0 aliphatic rings. The highest BCUT2D eigenvalue weighted by molar-refractivity contribution is 7.98. The molecule has 0 unspecified atom stereocenters. The first kappa shape index (κ1) is 18.2. The standard InChI is InChI=1S/C21H16FN3O2S/c1-13-24-18-9-8-16(11-19(18)27-13)25-20(26)17-3-2-10-23-21(17)28-12-14-4-6-15(22)7-5-14/h2-11H,12H2,1H3,(H,25,26). The van der Waals surface area contributed by atoms with Gasteiger partial charge in [-0.1, -0.05) is 12.1 Å². The lowest BCUT2D eigenvalue weighted by Gasteiger charge is -2.09. The van der Waals surface area contributed by atoms with E-state index in [4.69, 9.17) is 4.42 Å². The minimum absolute atomic E-state index is 0.259. The van der Waals surface area contributed by atoms with Crippen LogP contribution in [-0.2, 0) is 5.75 Å². The molecule has 28 heavy (non-hydrogen) atoms. The van der Waals surface area contributed by atoms with Crippen molar-refractivity contribution in [3.8, 4) is 0 Å². The summed E-state index contributed by atoms with van der Waals surface area (Å²) >= 11 is 1.43. The SMILES string of the molecule is Cc1nc2ccc(NC(=O)c3cccnc3SCc3ccc(F)cc3)cc2o1. The molecule has 2 heterocycles. The number of anilines is 1. The number of rotatable bonds is 5. The fourth-order valence-electron chi connectivity index (χ4n) is 2.73. The zero-order chi connectivity index (χ0) is 19.5. The Morgan fingerprint density at radius 1 is 1.18 bits per heavy atom. The van der Waals surface area contributed by atoms with Crippen LogP contribution in [0.5, 0.6) is 0 Å². The number of fused-ring (bicyclic) bond motifs is 1. The van der Waals surface area contributed by atoms with Crippen LogP contribution >= 0.6 is 11.8 Å². The van der Waals surface area contributed by atoms with E-state index < -0.39 is 0 Å². The Kier molecular flexibility index (Phi) is 5.08. The maximum Gasteiger partial charge on any atom is 0.258 e. The van der Waals surface area contributed by atoms with Crippen molar-refractivity contribution in [2.45, 2.75) is 17.7 Å². The Morgan fingerprint density at radius 3 is 2.82 bits per heavy atom. The highest BCUT2D eigenvalue weighted by Crippen LogP contribution is 2.26. The molecule has 0 spiro atoms. The number of nitrogens with zero attached hydrogens (tertiary/aromatic N) is 2. The fraction of sp³-hybridized carbons (Fsp3) is 0.0952. The average Bonchev–Trinajstić information content (AvgIpc) is 3.07. The minimum Gasteiger partial charge on any atom is -0.441 e. The number of hydrogen-bond donors (Lipinski definition) is 1. The van der Waals surface area contributed by atoms with Gasteiger partial charge in [0.15, 0.2) is 11.5 Å². The van der Waals surface area contributed by atoms with Crippen LogP contribution in [0.15, 0.2) is 70.2 Å². The van der Waals surface area contributed by atoms with Gasteiger partial charge in [-0.3, -0.25) is 4.79 Å². The van der Waals surface area contributed by atoms with E-state index in [-0.39, 0.29) is 11.7 Å². The van der Waals surface area contributed by atoms with Crippen molar-refractivity contribution in [3.63, 3.8) is 0 Å². The Morgan fingerprint density at radius 2 is 2.00 bits per heavy atom. The summed E-state index contributed by atoms with van der Waals surface area (Å²) in [6.45, 7) is 1.78. The molecule has 0 saturated heterocycles. The summed E-state index contributed by atoms with van der Waals surface area (Å²) < 4.78 is 18.6. The summed E-state index contributed by atoms with van der Waals surface area (Å²) in [6.07, 6.45) is 1.65. The Labute approximate surface area is 165 Å². The van der Waals surface area contributed by atoms with Gasteiger partial charge in [0.25, 0.3) is 5.91 Å². The van der Waals surface area contributed by atoms with Gasteiger partial charge in [-0.25, -0.2) is 14.4 Å². The molecule has 0 bridgehead atoms. The van der Waals surface area contributed by atoms with Crippen molar-refractivity contribution in [1.29, 1.82) is 0 Å². The molecule has 1 amide bonds. The lowest BCUT2D eigenvalue weighted by molar-refractivity contribution is 0.102. The number of amides is 1. The molecule has 1 N–H and O–H groups in total. The summed E-state index contributed by atoms with van der Waals surface area (Å²) in [7, 11) is 0. The molecule has 7 heteroatoms. The van der Waals surface area contributed by atoms with E-state index in [0.29, 0.717) is 33.5 Å². The van der Waals surface area contributed by atoms with Gasteiger partial charge in [-0.15, -0.1) is 11.8 Å². The second kappa shape index (κ2) is 7.82. The lowest BCUT2D eigenvalue weighted by Crippen LogP contribution is -2.13. The Hall–Kier alpha value is -3.19. The number of oxazole rings is 1. The third-order valence-electron chi connectivity index (χ3n) is 4.06. The van der Waals surface area contributed by atoms with Gasteiger partial charge in [-0.2, -0.15) is 0 Å². The molecular weight excluding hydrogens is 377 g/mol. The molecule has 0 fully saturated rings. The number of aryl methyl sites for hydroxylation is 1. The van der Waals surface area contributed by atoms with Crippen LogP contribution in [-0.4, -0.2) is 15.9 Å². The van der Waals surface area contributed by atoms with Crippen LogP contribution in [0.25, 0.3) is 11.1 Å². The van der Waals surface area contributed by atoms with E-state index in [1.165, 1.54) is 23.9 Å². The van der Waals surface area contributed by atoms with E-state index >= 15 is 0 Å². The lowest BCUT2D eigenvalue weighted by atomic mass is 10.2. The molecule has 2 aromatic carbocycles. The minimum atomic E-state index is -0.273. The van der Waals surface area contributed by atoms with Crippen molar-refractivity contribution in [2.75, 3.05) is 5.32 Å². The van der Waals surface area contributed by atoms with Crippen molar-refractivity contribution in [2.24, 2.45) is 0 Å². The predicted molar refractivity (Wildman–Crippen MR) is 107 cm³/mol. The summed E-state index contributed by atoms with van der Waals surface area (Å²) in [5.41, 5.74) is 3.41. The quantitative estimate of drug-likeness (QED) is 0.471. The van der Waals surface area contributed by atoms with Crippen molar-refractivity contribution in [1.82, 2.24) is 9.97 Å². The second-order valence-corrected chi connectivity index (χ2v) is 7.10. The van der Waals surface area contributed by atoms with Crippen LogP contribution in [0.4, 0.5) is 10.1 Å². The van der Waals surface area contributed by atoms with E-state index in [1.807, 2.05) is 0 Å². The van der Waals surface area contributed by atoms with Gasteiger partial charge in [0, 0.05) is 30.6 Å². The topological polar surface area (TPSA) is 68.0 Å². The first-order valence-electron chi connectivity index (χ1n) is 8.59. The molecule has 0 saturated carbocycles. The van der Waals surface area contributed by atoms with Crippen LogP contribution in [0.2, 0.25) is 0 Å². The van der Waals surface area contributed by atoms with Gasteiger partial charge in [-0.05, 0) is 42.0 Å². The van der Waals surface area contributed by atoms with Crippen LogP contribution < -0.4 is 5.32 Å². The number of hydrogen-bond acceptors (Lipinski definition) is 5. The second-order valence-electron chi connectivity index (χ2n) is 6.14. The number of nitrogens with one attached hydrogen (secondary N) is 1. The molecule has 4 aromatic rings. The molecule has 2 aromatic heterocycles. The van der Waals surface area contributed by atoms with Gasteiger partial charge in [0.05, 0.1) is 5.56 Å². The molecule has 140 valence electrons. The molecule has 0 aliphatic heterocycles. The van der Waals surface area contributed by atoms with Crippen molar-refractivity contribution < 1.29 is 13.6 Å². The van der Waals surface area contributed by atoms with Crippen LogP contribution in [0.3, 0.4) is 0 Å². The summed E-state index contributed by atoms with van der Waals surface area (Å²) in [6, 6.07) is 15.1. The van der Waals surface area contributed by atoms with Crippen LogP contribution in [0.1, 0.15) is 21.8 Å². The third kappa shape index (κ3) is 4.04. The highest BCUT2D eigenvalue weighted by Gasteiger charge is 2.14. The smallest absolute Gasteiger partial charge is 0.258 e. The Balaban J connectivity index is 1.51. The molecule has 0 aliphatic carbocycles. The number of carbonyl (C=O) groups excluding carboxylic acids is 1. The first-order valence-corrected chi connectivity index (χ1v) is 9.58. The van der Waals surface area contributed by atoms with Gasteiger partial charge in [0.2, 0.25) is 0 Å². The summed E-state index contributed by atoms with van der Waals surface area (Å²) in [4.78, 5) is 21.3. The molecular formula is C21H16FN3O2S. The number of thioether (sulfide) groups is 1. The van der Waals surface area contributed by atoms with E-state index in [9.17, 15) is 9.18 Å². The van der Waals surface area contributed by atoms with Gasteiger partial charge in [0.1, 0.15) is 16.4 Å². The fourth-order valence-corrected chi connectivity index (χ4v) is 3.67. The highest BCUT2D eigenvalue weighted by atomic mass is 32.2. The molecule has 5 nitrogen and oxygen atoms in total. The van der Waals surface area contributed by atoms with Gasteiger partial charge < -0.3 is 9.73 Å². The maximum atomic E-state index is 13.0. The normalized spacial score (nSPS) is 10.9. The monoisotopic (exact) mass is 393 g/mol.